The van der Waals surface area contributed by atoms with Crippen LogP contribution in [0.1, 0.15) is 16.3 Å². The SMILES string of the molecule is O=C(Nc1ccc2c(c1)OCO2)c1cn2c(n1)COCC2. The van der Waals surface area contributed by atoms with Gasteiger partial charge in [0.2, 0.25) is 6.79 Å². The molecule has 7 heteroatoms. The van der Waals surface area contributed by atoms with Gasteiger partial charge in [0, 0.05) is 24.5 Å². The van der Waals surface area contributed by atoms with Crippen molar-refractivity contribution in [2.75, 3.05) is 18.7 Å². The van der Waals surface area contributed by atoms with Gasteiger partial charge in [-0.3, -0.25) is 4.79 Å². The third kappa shape index (κ3) is 2.21. The van der Waals surface area contributed by atoms with Gasteiger partial charge in [0.25, 0.3) is 5.91 Å². The first-order valence-corrected chi connectivity index (χ1v) is 6.64. The normalized spacial score (nSPS) is 15.6. The second kappa shape index (κ2) is 4.78. The molecular formula is C14H13N3O4. The highest BCUT2D eigenvalue weighted by molar-refractivity contribution is 6.03. The van der Waals surface area contributed by atoms with Gasteiger partial charge in [0.1, 0.15) is 18.1 Å². The second-order valence-electron chi connectivity index (χ2n) is 4.81. The number of carbonyl (C=O) groups excluding carboxylic acids is 1. The third-order valence-electron chi connectivity index (χ3n) is 3.43. The van der Waals surface area contributed by atoms with Crippen molar-refractivity contribution >= 4 is 11.6 Å². The molecule has 0 saturated heterocycles. The number of fused-ring (bicyclic) bond motifs is 2. The van der Waals surface area contributed by atoms with Crippen LogP contribution in [0.5, 0.6) is 11.5 Å². The number of nitrogens with zero attached hydrogens (tertiary/aromatic N) is 2. The Balaban J connectivity index is 1.54. The molecule has 0 fully saturated rings. The number of hydrogen-bond acceptors (Lipinski definition) is 5. The first-order valence-electron chi connectivity index (χ1n) is 6.64. The Labute approximate surface area is 120 Å². The van der Waals surface area contributed by atoms with E-state index < -0.39 is 0 Å². The summed E-state index contributed by atoms with van der Waals surface area (Å²) in [5.74, 6) is 1.83. The van der Waals surface area contributed by atoms with E-state index in [9.17, 15) is 4.79 Å². The van der Waals surface area contributed by atoms with Crippen LogP contribution in [0.3, 0.4) is 0 Å². The van der Waals surface area contributed by atoms with Gasteiger partial charge in [0.15, 0.2) is 11.5 Å². The van der Waals surface area contributed by atoms with Crippen molar-refractivity contribution < 1.29 is 19.0 Å². The van der Waals surface area contributed by atoms with Crippen LogP contribution in [0.4, 0.5) is 5.69 Å². The number of anilines is 1. The molecule has 7 nitrogen and oxygen atoms in total. The summed E-state index contributed by atoms with van der Waals surface area (Å²) in [7, 11) is 0. The first-order chi connectivity index (χ1) is 10.3. The highest BCUT2D eigenvalue weighted by Gasteiger charge is 2.18. The number of benzene rings is 1. The van der Waals surface area contributed by atoms with Crippen LogP contribution in [0.25, 0.3) is 0 Å². The zero-order valence-corrected chi connectivity index (χ0v) is 11.2. The average Bonchev–Trinajstić information content (AvgIpc) is 3.13. The average molecular weight is 287 g/mol. The fraction of sp³-hybridized carbons (Fsp3) is 0.286. The van der Waals surface area contributed by atoms with Gasteiger partial charge in [-0.25, -0.2) is 4.98 Å². The highest BCUT2D eigenvalue weighted by atomic mass is 16.7. The summed E-state index contributed by atoms with van der Waals surface area (Å²) in [4.78, 5) is 16.5. The minimum Gasteiger partial charge on any atom is -0.454 e. The fourth-order valence-corrected chi connectivity index (χ4v) is 2.37. The number of amides is 1. The van der Waals surface area contributed by atoms with Crippen molar-refractivity contribution in [3.05, 3.63) is 35.9 Å². The van der Waals surface area contributed by atoms with E-state index in [1.165, 1.54) is 0 Å². The molecule has 0 spiro atoms. The van der Waals surface area contributed by atoms with E-state index in [0.717, 1.165) is 12.4 Å². The van der Waals surface area contributed by atoms with E-state index in [0.29, 0.717) is 36.1 Å². The molecular weight excluding hydrogens is 274 g/mol. The Morgan fingerprint density at radius 3 is 3.10 bits per heavy atom. The predicted octanol–water partition coefficient (Wildman–Crippen LogP) is 1.39. The Hall–Kier alpha value is -2.54. The second-order valence-corrected chi connectivity index (χ2v) is 4.81. The highest BCUT2D eigenvalue weighted by Crippen LogP contribution is 2.34. The molecule has 1 aromatic heterocycles. The molecule has 0 aliphatic carbocycles. The predicted molar refractivity (Wildman–Crippen MR) is 72.4 cm³/mol. The van der Waals surface area contributed by atoms with Crippen LogP contribution in [-0.2, 0) is 17.9 Å². The summed E-state index contributed by atoms with van der Waals surface area (Å²) in [6.45, 7) is 2.02. The van der Waals surface area contributed by atoms with Crippen LogP contribution in [-0.4, -0.2) is 28.9 Å². The topological polar surface area (TPSA) is 74.6 Å². The Morgan fingerprint density at radius 1 is 1.29 bits per heavy atom. The Morgan fingerprint density at radius 2 is 2.19 bits per heavy atom. The number of hydrogen-bond donors (Lipinski definition) is 1. The minimum absolute atomic E-state index is 0.209. The van der Waals surface area contributed by atoms with Crippen molar-refractivity contribution in [1.82, 2.24) is 9.55 Å². The fourth-order valence-electron chi connectivity index (χ4n) is 2.37. The maximum Gasteiger partial charge on any atom is 0.275 e. The van der Waals surface area contributed by atoms with Gasteiger partial charge in [-0.2, -0.15) is 0 Å². The molecule has 1 N–H and O–H groups in total. The number of rotatable bonds is 2. The van der Waals surface area contributed by atoms with Crippen LogP contribution < -0.4 is 14.8 Å². The van der Waals surface area contributed by atoms with Gasteiger partial charge in [0.05, 0.1) is 6.61 Å². The molecule has 0 atom stereocenters. The van der Waals surface area contributed by atoms with E-state index in [4.69, 9.17) is 14.2 Å². The first kappa shape index (κ1) is 12.2. The molecule has 4 rings (SSSR count). The largest absolute Gasteiger partial charge is 0.454 e. The number of imidazole rings is 1. The van der Waals surface area contributed by atoms with Crippen molar-refractivity contribution in [2.45, 2.75) is 13.2 Å². The van der Waals surface area contributed by atoms with E-state index in [1.54, 1.807) is 24.4 Å². The lowest BCUT2D eigenvalue weighted by atomic mass is 10.2. The zero-order valence-electron chi connectivity index (χ0n) is 11.2. The van der Waals surface area contributed by atoms with Gasteiger partial charge < -0.3 is 24.1 Å². The molecule has 21 heavy (non-hydrogen) atoms. The van der Waals surface area contributed by atoms with E-state index >= 15 is 0 Å². The van der Waals surface area contributed by atoms with Gasteiger partial charge in [-0.1, -0.05) is 0 Å². The van der Waals surface area contributed by atoms with Gasteiger partial charge >= 0.3 is 0 Å². The summed E-state index contributed by atoms with van der Waals surface area (Å²) in [5, 5.41) is 2.81. The van der Waals surface area contributed by atoms with Crippen LogP contribution >= 0.6 is 0 Å². The summed E-state index contributed by atoms with van der Waals surface area (Å²) in [6.07, 6.45) is 1.75. The van der Waals surface area contributed by atoms with Crippen LogP contribution in [0.2, 0.25) is 0 Å². The molecule has 0 radical (unpaired) electrons. The standard InChI is InChI=1S/C14H13N3O4/c18-14(10-6-17-3-4-19-7-13(17)16-10)15-9-1-2-11-12(5-9)21-8-20-11/h1-2,5-6H,3-4,7-8H2,(H,15,18). The number of ether oxygens (including phenoxy) is 3. The van der Waals surface area contributed by atoms with Crippen molar-refractivity contribution in [2.24, 2.45) is 0 Å². The summed E-state index contributed by atoms with van der Waals surface area (Å²) >= 11 is 0. The molecule has 2 aliphatic heterocycles. The molecule has 2 aromatic rings. The minimum atomic E-state index is -0.254. The van der Waals surface area contributed by atoms with Crippen molar-refractivity contribution in [3.8, 4) is 11.5 Å². The quantitative estimate of drug-likeness (QED) is 0.903. The zero-order chi connectivity index (χ0) is 14.2. The summed E-state index contributed by atoms with van der Waals surface area (Å²) in [6, 6.07) is 5.27. The number of nitrogens with one attached hydrogen (secondary N) is 1. The van der Waals surface area contributed by atoms with E-state index in [-0.39, 0.29) is 12.7 Å². The Bertz CT molecular complexity index is 687. The molecule has 3 heterocycles. The van der Waals surface area contributed by atoms with Crippen molar-refractivity contribution in [3.63, 3.8) is 0 Å². The lowest BCUT2D eigenvalue weighted by Crippen LogP contribution is -2.15. The van der Waals surface area contributed by atoms with Gasteiger partial charge in [-0.15, -0.1) is 0 Å². The molecule has 0 bridgehead atoms. The lowest BCUT2D eigenvalue weighted by Gasteiger charge is -2.13. The van der Waals surface area contributed by atoms with Crippen LogP contribution in [0.15, 0.2) is 24.4 Å². The Kier molecular flexibility index (Phi) is 2.78. The summed E-state index contributed by atoms with van der Waals surface area (Å²) < 4.78 is 17.8. The smallest absolute Gasteiger partial charge is 0.275 e. The molecule has 1 amide bonds. The van der Waals surface area contributed by atoms with Crippen molar-refractivity contribution in [1.29, 1.82) is 0 Å². The van der Waals surface area contributed by atoms with E-state index in [2.05, 4.69) is 10.3 Å². The summed E-state index contributed by atoms with van der Waals surface area (Å²) in [5.41, 5.74) is 1.03. The number of carbonyl (C=O) groups is 1. The third-order valence-corrected chi connectivity index (χ3v) is 3.43. The van der Waals surface area contributed by atoms with Crippen LogP contribution in [0, 0.1) is 0 Å². The molecule has 0 saturated carbocycles. The molecule has 2 aliphatic rings. The molecule has 1 aromatic carbocycles. The monoisotopic (exact) mass is 287 g/mol. The number of aromatic nitrogens is 2. The lowest BCUT2D eigenvalue weighted by molar-refractivity contribution is 0.0816. The molecule has 0 unspecified atom stereocenters. The van der Waals surface area contributed by atoms with E-state index in [1.807, 2.05) is 4.57 Å². The molecule has 108 valence electrons. The van der Waals surface area contributed by atoms with Gasteiger partial charge in [-0.05, 0) is 12.1 Å². The maximum atomic E-state index is 12.2. The maximum absolute atomic E-state index is 12.2.